The second-order valence-corrected chi connectivity index (χ2v) is 8.97. The van der Waals surface area contributed by atoms with Gasteiger partial charge >= 0.3 is 0 Å². The van der Waals surface area contributed by atoms with Gasteiger partial charge in [0.15, 0.2) is 4.73 Å². The van der Waals surface area contributed by atoms with Crippen LogP contribution in [-0.2, 0) is 12.8 Å². The maximum absolute atomic E-state index is 4.95. The summed E-state index contributed by atoms with van der Waals surface area (Å²) >= 11 is 5.50. The Morgan fingerprint density at radius 3 is 2.69 bits per heavy atom. The second-order valence-electron chi connectivity index (χ2n) is 7.37. The van der Waals surface area contributed by atoms with Gasteiger partial charge in [-0.15, -0.1) is 0 Å². The van der Waals surface area contributed by atoms with E-state index in [9.17, 15) is 0 Å². The van der Waals surface area contributed by atoms with E-state index in [0.717, 1.165) is 55.1 Å². The SMILES string of the molecule is CSN1CCC(Nc2ncc3c(n2)-c2c(nc(Br)n2C2CC2)CC3)CC1. The largest absolute Gasteiger partial charge is 0.351 e. The average Bonchev–Trinajstić information content (AvgIpc) is 3.44. The molecule has 3 aliphatic rings. The summed E-state index contributed by atoms with van der Waals surface area (Å²) in [6.45, 7) is 2.24. The predicted octanol–water partition coefficient (Wildman–Crippen LogP) is 3.69. The van der Waals surface area contributed by atoms with Gasteiger partial charge in [0.25, 0.3) is 0 Å². The van der Waals surface area contributed by atoms with Crippen LogP contribution in [0, 0.1) is 0 Å². The monoisotopic (exact) mass is 434 g/mol. The minimum absolute atomic E-state index is 0.458. The molecule has 1 aliphatic heterocycles. The van der Waals surface area contributed by atoms with Crippen molar-refractivity contribution in [2.45, 2.75) is 50.6 Å². The van der Waals surface area contributed by atoms with Gasteiger partial charge in [-0.1, -0.05) is 11.9 Å². The van der Waals surface area contributed by atoms with Gasteiger partial charge in [-0.2, -0.15) is 0 Å². The topological polar surface area (TPSA) is 58.9 Å². The number of aryl methyl sites for hydroxylation is 2. The van der Waals surface area contributed by atoms with E-state index < -0.39 is 0 Å². The molecule has 1 N–H and O–H groups in total. The van der Waals surface area contributed by atoms with Gasteiger partial charge in [0, 0.05) is 31.4 Å². The molecule has 6 nitrogen and oxygen atoms in total. The number of nitrogens with zero attached hydrogens (tertiary/aromatic N) is 5. The fourth-order valence-electron chi connectivity index (χ4n) is 4.02. The summed E-state index contributed by atoms with van der Waals surface area (Å²) in [6, 6.07) is 1.04. The molecule has 1 saturated carbocycles. The number of hydrogen-bond donors (Lipinski definition) is 1. The highest BCUT2D eigenvalue weighted by molar-refractivity contribution is 9.10. The number of aromatic nitrogens is 4. The molecule has 0 amide bonds. The summed E-state index contributed by atoms with van der Waals surface area (Å²) in [6.07, 6.45) is 10.9. The zero-order valence-electron chi connectivity index (χ0n) is 14.9. The van der Waals surface area contributed by atoms with Gasteiger partial charge < -0.3 is 9.88 Å². The van der Waals surface area contributed by atoms with Crippen LogP contribution in [-0.4, -0.2) is 49.2 Å². The Morgan fingerprint density at radius 2 is 1.96 bits per heavy atom. The summed E-state index contributed by atoms with van der Waals surface area (Å²) in [5.41, 5.74) is 4.71. The van der Waals surface area contributed by atoms with E-state index in [0.29, 0.717) is 12.1 Å². The molecule has 0 atom stereocenters. The number of fused-ring (bicyclic) bond motifs is 3. The molecular formula is C18H23BrN6S. The van der Waals surface area contributed by atoms with Crippen LogP contribution >= 0.6 is 27.9 Å². The first kappa shape index (κ1) is 17.0. The minimum atomic E-state index is 0.458. The molecule has 0 bridgehead atoms. The summed E-state index contributed by atoms with van der Waals surface area (Å²) in [5.74, 6) is 0.763. The van der Waals surface area contributed by atoms with Gasteiger partial charge in [0.1, 0.15) is 0 Å². The Balaban J connectivity index is 1.43. The van der Waals surface area contributed by atoms with Crippen molar-refractivity contribution in [1.29, 1.82) is 0 Å². The molecule has 3 heterocycles. The van der Waals surface area contributed by atoms with Crippen LogP contribution in [0.2, 0.25) is 0 Å². The lowest BCUT2D eigenvalue weighted by molar-refractivity contribution is 0.358. The van der Waals surface area contributed by atoms with E-state index >= 15 is 0 Å². The summed E-state index contributed by atoms with van der Waals surface area (Å²) in [5, 5.41) is 3.58. The van der Waals surface area contributed by atoms with Crippen LogP contribution in [0.3, 0.4) is 0 Å². The Hall–Kier alpha value is -1.12. The molecule has 2 fully saturated rings. The van der Waals surface area contributed by atoms with Crippen LogP contribution in [0.1, 0.15) is 43.0 Å². The third kappa shape index (κ3) is 3.05. The first-order chi connectivity index (χ1) is 12.7. The molecule has 0 spiro atoms. The second kappa shape index (κ2) is 6.80. The molecule has 26 heavy (non-hydrogen) atoms. The lowest BCUT2D eigenvalue weighted by Gasteiger charge is -2.30. The first-order valence-corrected chi connectivity index (χ1v) is 11.4. The van der Waals surface area contributed by atoms with Crippen molar-refractivity contribution in [3.63, 3.8) is 0 Å². The fourth-order valence-corrected chi connectivity index (χ4v) is 5.28. The number of rotatable bonds is 4. The van der Waals surface area contributed by atoms with Crippen molar-refractivity contribution in [2.24, 2.45) is 0 Å². The number of nitrogens with one attached hydrogen (secondary N) is 1. The zero-order valence-corrected chi connectivity index (χ0v) is 17.3. The lowest BCUT2D eigenvalue weighted by atomic mass is 9.98. The normalized spacial score (nSPS) is 20.7. The fraction of sp³-hybridized carbons (Fsp3) is 0.611. The van der Waals surface area contributed by atoms with Gasteiger partial charge in [0.2, 0.25) is 5.95 Å². The highest BCUT2D eigenvalue weighted by atomic mass is 79.9. The molecule has 0 radical (unpaired) electrons. The summed E-state index contributed by atoms with van der Waals surface area (Å²) in [7, 11) is 0. The number of halogens is 1. The van der Waals surface area contributed by atoms with E-state index in [-0.39, 0.29) is 0 Å². The Kier molecular flexibility index (Phi) is 4.45. The molecule has 2 aromatic rings. The number of piperidine rings is 1. The molecular weight excluding hydrogens is 412 g/mol. The highest BCUT2D eigenvalue weighted by Crippen LogP contribution is 2.44. The third-order valence-corrected chi connectivity index (χ3v) is 7.06. The first-order valence-electron chi connectivity index (χ1n) is 9.41. The van der Waals surface area contributed by atoms with Gasteiger partial charge in [0.05, 0.1) is 17.1 Å². The van der Waals surface area contributed by atoms with Crippen LogP contribution in [0.5, 0.6) is 0 Å². The number of hydrogen-bond acceptors (Lipinski definition) is 6. The Bertz CT molecular complexity index is 825. The lowest BCUT2D eigenvalue weighted by Crippen LogP contribution is -2.35. The Morgan fingerprint density at radius 1 is 1.15 bits per heavy atom. The van der Waals surface area contributed by atoms with Crippen molar-refractivity contribution in [2.75, 3.05) is 24.7 Å². The maximum atomic E-state index is 4.95. The molecule has 8 heteroatoms. The highest BCUT2D eigenvalue weighted by Gasteiger charge is 2.33. The van der Waals surface area contributed by atoms with Gasteiger partial charge in [-0.25, -0.2) is 15.0 Å². The van der Waals surface area contributed by atoms with Crippen molar-refractivity contribution >= 4 is 33.8 Å². The maximum Gasteiger partial charge on any atom is 0.223 e. The van der Waals surface area contributed by atoms with Gasteiger partial charge in [-0.05, 0) is 66.3 Å². The summed E-state index contributed by atoms with van der Waals surface area (Å²) < 4.78 is 5.72. The van der Waals surface area contributed by atoms with Crippen molar-refractivity contribution in [3.8, 4) is 11.4 Å². The van der Waals surface area contributed by atoms with E-state index in [1.165, 1.54) is 29.8 Å². The van der Waals surface area contributed by atoms with Crippen LogP contribution in [0.4, 0.5) is 5.95 Å². The molecule has 0 aromatic carbocycles. The third-order valence-electron chi connectivity index (χ3n) is 5.62. The predicted molar refractivity (Wildman–Crippen MR) is 108 cm³/mol. The number of anilines is 1. The van der Waals surface area contributed by atoms with Crippen molar-refractivity contribution < 1.29 is 0 Å². The van der Waals surface area contributed by atoms with Crippen molar-refractivity contribution in [1.82, 2.24) is 23.8 Å². The number of imidazole rings is 1. The molecule has 1 saturated heterocycles. The molecule has 0 unspecified atom stereocenters. The van der Waals surface area contributed by atoms with E-state index in [1.807, 2.05) is 18.1 Å². The van der Waals surface area contributed by atoms with Crippen molar-refractivity contribution in [3.05, 3.63) is 22.2 Å². The molecule has 5 rings (SSSR count). The average molecular weight is 435 g/mol. The van der Waals surface area contributed by atoms with Crippen LogP contribution in [0.25, 0.3) is 11.4 Å². The Labute approximate surface area is 166 Å². The van der Waals surface area contributed by atoms with Gasteiger partial charge in [-0.3, -0.25) is 4.31 Å². The standard InChI is InChI=1S/C18H23BrN6S/c1-26-24-8-6-12(7-9-24)21-18-20-10-11-2-5-14-16(15(11)23-18)25(13-3-4-13)17(19)22-14/h10,12-13H,2-9H2,1H3,(H,20,21,23). The molecule has 138 valence electrons. The minimum Gasteiger partial charge on any atom is -0.351 e. The van der Waals surface area contributed by atoms with Crippen LogP contribution in [0.15, 0.2) is 10.9 Å². The smallest absolute Gasteiger partial charge is 0.223 e. The quantitative estimate of drug-likeness (QED) is 0.740. The molecule has 2 aromatic heterocycles. The van der Waals surface area contributed by atoms with E-state index in [2.05, 4.69) is 41.4 Å². The van der Waals surface area contributed by atoms with E-state index in [4.69, 9.17) is 9.97 Å². The summed E-state index contributed by atoms with van der Waals surface area (Å²) in [4.78, 5) is 14.3. The van der Waals surface area contributed by atoms with E-state index in [1.54, 1.807) is 0 Å². The molecule has 2 aliphatic carbocycles. The zero-order chi connectivity index (χ0) is 17.7. The van der Waals surface area contributed by atoms with Crippen LogP contribution < -0.4 is 5.32 Å².